The molecule has 1 aliphatic carbocycles. The Bertz CT molecular complexity index is 845. The number of para-hydroxylation sites is 1. The Morgan fingerprint density at radius 3 is 2.38 bits per heavy atom. The maximum absolute atomic E-state index is 12.5. The molecule has 2 aliphatic rings. The van der Waals surface area contributed by atoms with Crippen molar-refractivity contribution in [1.29, 1.82) is 0 Å². The summed E-state index contributed by atoms with van der Waals surface area (Å²) in [5.41, 5.74) is 4.80. The van der Waals surface area contributed by atoms with Crippen molar-refractivity contribution < 1.29 is 9.59 Å². The molecule has 0 spiro atoms. The molecular formula is C20H20N4O2. The van der Waals surface area contributed by atoms with Crippen LogP contribution in [0, 0.1) is 0 Å². The smallest absolute Gasteiger partial charge is 0.288 e. The minimum atomic E-state index is -0.291. The van der Waals surface area contributed by atoms with E-state index in [-0.39, 0.29) is 29.6 Å². The molecule has 4 rings (SSSR count). The fourth-order valence-corrected chi connectivity index (χ4v) is 3.17. The minimum absolute atomic E-state index is 0.0289. The number of amides is 2. The number of aliphatic imine (C=N–C) groups is 1. The summed E-state index contributed by atoms with van der Waals surface area (Å²) in [7, 11) is 0. The van der Waals surface area contributed by atoms with Gasteiger partial charge in [0.05, 0.1) is 5.69 Å². The Hall–Kier alpha value is -3.15. The molecule has 6 heteroatoms. The molecule has 132 valence electrons. The van der Waals surface area contributed by atoms with Gasteiger partial charge in [-0.05, 0) is 30.5 Å². The van der Waals surface area contributed by atoms with Crippen molar-refractivity contribution in [2.75, 3.05) is 18.1 Å². The van der Waals surface area contributed by atoms with E-state index in [4.69, 9.17) is 0 Å². The Morgan fingerprint density at radius 1 is 1.08 bits per heavy atom. The molecule has 2 amide bonds. The summed E-state index contributed by atoms with van der Waals surface area (Å²) in [4.78, 5) is 28.7. The van der Waals surface area contributed by atoms with Gasteiger partial charge in [-0.2, -0.15) is 0 Å². The van der Waals surface area contributed by atoms with Crippen LogP contribution in [-0.4, -0.2) is 30.7 Å². The Kier molecular flexibility index (Phi) is 4.16. The molecule has 0 atom stereocenters. The first kappa shape index (κ1) is 16.3. The molecular weight excluding hydrogens is 328 g/mol. The molecule has 1 saturated carbocycles. The van der Waals surface area contributed by atoms with Crippen molar-refractivity contribution in [3.05, 3.63) is 66.2 Å². The van der Waals surface area contributed by atoms with E-state index in [2.05, 4.69) is 27.9 Å². The predicted molar refractivity (Wildman–Crippen MR) is 99.7 cm³/mol. The average molecular weight is 348 g/mol. The molecule has 2 N–H and O–H groups in total. The second-order valence-electron chi connectivity index (χ2n) is 6.67. The van der Waals surface area contributed by atoms with E-state index in [1.807, 2.05) is 36.4 Å². The molecule has 0 bridgehead atoms. The molecule has 2 aromatic rings. The lowest BCUT2D eigenvalue weighted by Crippen LogP contribution is -2.56. The van der Waals surface area contributed by atoms with Gasteiger partial charge in [-0.1, -0.05) is 48.5 Å². The number of anilines is 1. The number of carbonyl (C=O) groups excluding carboxylic acids is 2. The first-order chi connectivity index (χ1) is 12.7. The van der Waals surface area contributed by atoms with E-state index >= 15 is 0 Å². The van der Waals surface area contributed by atoms with E-state index in [9.17, 15) is 9.59 Å². The highest BCUT2D eigenvalue weighted by molar-refractivity contribution is 6.39. The highest BCUT2D eigenvalue weighted by Crippen LogP contribution is 2.47. The predicted octanol–water partition coefficient (Wildman–Crippen LogP) is 1.78. The fourth-order valence-electron chi connectivity index (χ4n) is 3.17. The van der Waals surface area contributed by atoms with Crippen molar-refractivity contribution in [2.45, 2.75) is 18.3 Å². The van der Waals surface area contributed by atoms with Crippen molar-refractivity contribution in [3.8, 4) is 0 Å². The summed E-state index contributed by atoms with van der Waals surface area (Å²) in [5, 5.41) is 4.34. The van der Waals surface area contributed by atoms with Crippen LogP contribution in [0.2, 0.25) is 0 Å². The lowest BCUT2D eigenvalue weighted by Gasteiger charge is -2.28. The summed E-state index contributed by atoms with van der Waals surface area (Å²) in [6, 6.07) is 19.4. The van der Waals surface area contributed by atoms with Crippen molar-refractivity contribution in [1.82, 2.24) is 10.7 Å². The van der Waals surface area contributed by atoms with Crippen LogP contribution < -0.4 is 15.8 Å². The zero-order chi connectivity index (χ0) is 18.0. The third-order valence-corrected chi connectivity index (χ3v) is 4.90. The summed E-state index contributed by atoms with van der Waals surface area (Å²) in [5.74, 6) is -0.325. The third-order valence-electron chi connectivity index (χ3n) is 4.90. The van der Waals surface area contributed by atoms with Crippen molar-refractivity contribution in [2.24, 2.45) is 4.99 Å². The van der Waals surface area contributed by atoms with Gasteiger partial charge in [-0.15, -0.1) is 0 Å². The maximum Gasteiger partial charge on any atom is 0.288 e. The minimum Gasteiger partial charge on any atom is -0.348 e. The number of carbonyl (C=O) groups is 2. The maximum atomic E-state index is 12.5. The van der Waals surface area contributed by atoms with Crippen LogP contribution in [0.25, 0.3) is 0 Å². The number of hydrogen-bond acceptors (Lipinski definition) is 4. The first-order valence-corrected chi connectivity index (χ1v) is 8.71. The van der Waals surface area contributed by atoms with Gasteiger partial charge in [0.2, 0.25) is 5.84 Å². The summed E-state index contributed by atoms with van der Waals surface area (Å²) in [6.07, 6.45) is 2.12. The lowest BCUT2D eigenvalue weighted by molar-refractivity contribution is -0.118. The molecule has 0 unspecified atom stereocenters. The SMILES string of the molecule is O=C(NCC1(c2ccccc2)CC1)C1=NCC(=O)N(c2ccccc2)N1. The van der Waals surface area contributed by atoms with Crippen LogP contribution in [0.4, 0.5) is 5.69 Å². The summed E-state index contributed by atoms with van der Waals surface area (Å²) < 4.78 is 0. The molecule has 6 nitrogen and oxygen atoms in total. The fraction of sp³-hybridized carbons (Fsp3) is 0.250. The largest absolute Gasteiger partial charge is 0.348 e. The third kappa shape index (κ3) is 3.18. The standard InChI is InChI=1S/C20H20N4O2/c25-17-13-21-18(23-24(17)16-9-5-2-6-10-16)19(26)22-14-20(11-12-20)15-7-3-1-4-8-15/h1-10H,11-14H2,(H,21,23)(H,22,26). The molecule has 0 radical (unpaired) electrons. The Balaban J connectivity index is 1.42. The second-order valence-corrected chi connectivity index (χ2v) is 6.67. The van der Waals surface area contributed by atoms with Gasteiger partial charge in [0.15, 0.2) is 0 Å². The van der Waals surface area contributed by atoms with E-state index in [0.717, 1.165) is 12.8 Å². The van der Waals surface area contributed by atoms with Gasteiger partial charge < -0.3 is 5.32 Å². The van der Waals surface area contributed by atoms with Crippen LogP contribution in [-0.2, 0) is 15.0 Å². The molecule has 2 aromatic carbocycles. The van der Waals surface area contributed by atoms with Gasteiger partial charge in [-0.3, -0.25) is 20.0 Å². The van der Waals surface area contributed by atoms with E-state index in [1.165, 1.54) is 10.6 Å². The number of rotatable bonds is 5. The Morgan fingerprint density at radius 2 is 1.73 bits per heavy atom. The van der Waals surface area contributed by atoms with Gasteiger partial charge in [0.1, 0.15) is 6.54 Å². The lowest BCUT2D eigenvalue weighted by atomic mass is 9.96. The average Bonchev–Trinajstić information content (AvgIpc) is 3.49. The van der Waals surface area contributed by atoms with Gasteiger partial charge in [0.25, 0.3) is 11.8 Å². The highest BCUT2D eigenvalue weighted by atomic mass is 16.2. The van der Waals surface area contributed by atoms with E-state index < -0.39 is 0 Å². The topological polar surface area (TPSA) is 73.8 Å². The van der Waals surface area contributed by atoms with Crippen LogP contribution in [0.1, 0.15) is 18.4 Å². The normalized spacial score (nSPS) is 17.9. The number of nitrogens with zero attached hydrogens (tertiary/aromatic N) is 2. The molecule has 26 heavy (non-hydrogen) atoms. The van der Waals surface area contributed by atoms with Crippen molar-refractivity contribution in [3.63, 3.8) is 0 Å². The van der Waals surface area contributed by atoms with Crippen LogP contribution in [0.5, 0.6) is 0 Å². The van der Waals surface area contributed by atoms with Crippen molar-refractivity contribution >= 4 is 23.3 Å². The summed E-state index contributed by atoms with van der Waals surface area (Å²) >= 11 is 0. The number of amidine groups is 1. The zero-order valence-electron chi connectivity index (χ0n) is 14.3. The quantitative estimate of drug-likeness (QED) is 0.865. The molecule has 1 heterocycles. The molecule has 0 saturated heterocycles. The van der Waals surface area contributed by atoms with Crippen LogP contribution in [0.15, 0.2) is 65.7 Å². The highest BCUT2D eigenvalue weighted by Gasteiger charge is 2.44. The number of hydrogen-bond donors (Lipinski definition) is 2. The summed E-state index contributed by atoms with van der Waals surface area (Å²) in [6.45, 7) is 0.518. The Labute approximate surface area is 151 Å². The second kappa shape index (κ2) is 6.63. The van der Waals surface area contributed by atoms with Gasteiger partial charge >= 0.3 is 0 Å². The van der Waals surface area contributed by atoms with E-state index in [1.54, 1.807) is 12.1 Å². The number of benzene rings is 2. The van der Waals surface area contributed by atoms with Crippen LogP contribution in [0.3, 0.4) is 0 Å². The zero-order valence-corrected chi connectivity index (χ0v) is 14.3. The van der Waals surface area contributed by atoms with Gasteiger partial charge in [0, 0.05) is 12.0 Å². The number of hydrazine groups is 1. The van der Waals surface area contributed by atoms with Gasteiger partial charge in [-0.25, -0.2) is 5.01 Å². The molecule has 1 aliphatic heterocycles. The molecule has 0 aromatic heterocycles. The number of nitrogens with one attached hydrogen (secondary N) is 2. The molecule has 1 fully saturated rings. The van der Waals surface area contributed by atoms with E-state index in [0.29, 0.717) is 12.2 Å². The monoisotopic (exact) mass is 348 g/mol. The van der Waals surface area contributed by atoms with Crippen LogP contribution >= 0.6 is 0 Å². The first-order valence-electron chi connectivity index (χ1n) is 8.71.